The number of ether oxygens (including phenoxy) is 1. The van der Waals surface area contributed by atoms with Gasteiger partial charge in [-0.3, -0.25) is 14.4 Å². The van der Waals surface area contributed by atoms with Crippen molar-refractivity contribution in [3.05, 3.63) is 34.3 Å². The maximum atomic E-state index is 12.4. The molecule has 112 valence electrons. The zero-order valence-corrected chi connectivity index (χ0v) is 13.3. The minimum Gasteiger partial charge on any atom is -0.465 e. The van der Waals surface area contributed by atoms with E-state index >= 15 is 0 Å². The predicted molar refractivity (Wildman–Crippen MR) is 79.8 cm³/mol. The van der Waals surface area contributed by atoms with E-state index in [1.165, 1.54) is 4.90 Å². The number of carbonyl (C=O) groups is 3. The molecule has 1 fully saturated rings. The van der Waals surface area contributed by atoms with E-state index in [9.17, 15) is 14.4 Å². The number of amides is 1. The molecule has 1 unspecified atom stereocenters. The highest BCUT2D eigenvalue weighted by Gasteiger charge is 2.35. The molecule has 1 saturated heterocycles. The van der Waals surface area contributed by atoms with Crippen LogP contribution in [-0.4, -0.2) is 42.3 Å². The average molecular weight is 354 g/mol. The first-order chi connectivity index (χ1) is 10.0. The molecule has 0 aliphatic carbocycles. The molecule has 1 amide bonds. The maximum Gasteiger partial charge on any atom is 0.316 e. The summed E-state index contributed by atoms with van der Waals surface area (Å²) in [4.78, 5) is 37.6. The van der Waals surface area contributed by atoms with E-state index in [0.717, 1.165) is 0 Å². The molecule has 1 heterocycles. The van der Waals surface area contributed by atoms with E-state index in [0.29, 0.717) is 23.0 Å². The molecule has 0 bridgehead atoms. The molecule has 5 nitrogen and oxygen atoms in total. The number of halogens is 1. The standard InChI is InChI=1S/C15H16BrNO4/c1-2-21-15(20)11-7-8-17(9-13(11)18)14(19)10-5-3-4-6-12(10)16/h3-6,11H,2,7-9H2,1H3. The third-order valence-electron chi connectivity index (χ3n) is 3.39. The van der Waals surface area contributed by atoms with Crippen molar-refractivity contribution in [3.8, 4) is 0 Å². The van der Waals surface area contributed by atoms with Gasteiger partial charge in [0.05, 0.1) is 18.7 Å². The molecule has 1 aliphatic rings. The summed E-state index contributed by atoms with van der Waals surface area (Å²) in [6, 6.07) is 7.07. The molecule has 1 atom stereocenters. The van der Waals surface area contributed by atoms with Crippen LogP contribution >= 0.6 is 15.9 Å². The van der Waals surface area contributed by atoms with Crippen LogP contribution in [0.25, 0.3) is 0 Å². The fraction of sp³-hybridized carbons (Fsp3) is 0.400. The van der Waals surface area contributed by atoms with E-state index < -0.39 is 11.9 Å². The summed E-state index contributed by atoms with van der Waals surface area (Å²) in [5.41, 5.74) is 0.514. The number of rotatable bonds is 3. The highest BCUT2D eigenvalue weighted by Crippen LogP contribution is 2.21. The molecule has 21 heavy (non-hydrogen) atoms. The Morgan fingerprint density at radius 2 is 2.10 bits per heavy atom. The van der Waals surface area contributed by atoms with Gasteiger partial charge in [-0.2, -0.15) is 0 Å². The van der Waals surface area contributed by atoms with Crippen molar-refractivity contribution in [1.29, 1.82) is 0 Å². The first-order valence-corrected chi connectivity index (χ1v) is 7.57. The molecule has 0 radical (unpaired) electrons. The van der Waals surface area contributed by atoms with Crippen LogP contribution in [0.5, 0.6) is 0 Å². The Balaban J connectivity index is 2.06. The SMILES string of the molecule is CCOC(=O)C1CCN(C(=O)c2ccccc2Br)CC1=O. The van der Waals surface area contributed by atoms with Crippen LogP contribution < -0.4 is 0 Å². The lowest BCUT2D eigenvalue weighted by Crippen LogP contribution is -2.46. The summed E-state index contributed by atoms with van der Waals surface area (Å²) in [6.45, 7) is 2.27. The summed E-state index contributed by atoms with van der Waals surface area (Å²) >= 11 is 3.33. The third kappa shape index (κ3) is 3.50. The predicted octanol–water partition coefficient (Wildman–Crippen LogP) is 2.04. The van der Waals surface area contributed by atoms with Crippen molar-refractivity contribution in [1.82, 2.24) is 4.90 Å². The topological polar surface area (TPSA) is 63.7 Å². The Kier molecular flexibility index (Phi) is 5.12. The number of carbonyl (C=O) groups excluding carboxylic acids is 3. The van der Waals surface area contributed by atoms with Crippen LogP contribution in [0.2, 0.25) is 0 Å². The highest BCUT2D eigenvalue weighted by molar-refractivity contribution is 9.10. The zero-order chi connectivity index (χ0) is 15.4. The number of piperidine rings is 1. The van der Waals surface area contributed by atoms with E-state index in [1.807, 2.05) is 6.07 Å². The number of Topliss-reactive ketones (excluding diaryl/α,β-unsaturated/α-hetero) is 1. The first-order valence-electron chi connectivity index (χ1n) is 6.77. The van der Waals surface area contributed by atoms with Crippen molar-refractivity contribution >= 4 is 33.6 Å². The van der Waals surface area contributed by atoms with Crippen LogP contribution in [0, 0.1) is 5.92 Å². The van der Waals surface area contributed by atoms with Gasteiger partial charge < -0.3 is 9.64 Å². The van der Waals surface area contributed by atoms with Gasteiger partial charge >= 0.3 is 5.97 Å². The van der Waals surface area contributed by atoms with Crippen LogP contribution in [-0.2, 0) is 14.3 Å². The molecule has 1 aromatic carbocycles. The number of hydrogen-bond acceptors (Lipinski definition) is 4. The lowest BCUT2D eigenvalue weighted by Gasteiger charge is -2.30. The first kappa shape index (κ1) is 15.7. The number of ketones is 1. The monoisotopic (exact) mass is 353 g/mol. The molecule has 2 rings (SSSR count). The Labute approximate surface area is 131 Å². The highest BCUT2D eigenvalue weighted by atomic mass is 79.9. The van der Waals surface area contributed by atoms with Gasteiger partial charge in [-0.1, -0.05) is 12.1 Å². The van der Waals surface area contributed by atoms with Crippen molar-refractivity contribution in [2.45, 2.75) is 13.3 Å². The largest absolute Gasteiger partial charge is 0.465 e. The number of likely N-dealkylation sites (tertiary alicyclic amines) is 1. The average Bonchev–Trinajstić information content (AvgIpc) is 2.47. The van der Waals surface area contributed by atoms with Gasteiger partial charge in [-0.05, 0) is 41.4 Å². The maximum absolute atomic E-state index is 12.4. The van der Waals surface area contributed by atoms with Crippen molar-refractivity contribution in [2.24, 2.45) is 5.92 Å². The van der Waals surface area contributed by atoms with Gasteiger partial charge in [0.25, 0.3) is 5.91 Å². The van der Waals surface area contributed by atoms with E-state index in [2.05, 4.69) is 15.9 Å². The molecule has 1 aromatic rings. The molecule has 1 aliphatic heterocycles. The van der Waals surface area contributed by atoms with Gasteiger partial charge in [0.2, 0.25) is 0 Å². The normalized spacial score (nSPS) is 18.5. The van der Waals surface area contributed by atoms with E-state index in [4.69, 9.17) is 4.74 Å². The van der Waals surface area contributed by atoms with E-state index in [-0.39, 0.29) is 24.8 Å². The molecular weight excluding hydrogens is 338 g/mol. The van der Waals surface area contributed by atoms with Gasteiger partial charge in [-0.15, -0.1) is 0 Å². The van der Waals surface area contributed by atoms with Crippen LogP contribution in [0.1, 0.15) is 23.7 Å². The molecule has 0 N–H and O–H groups in total. The second-order valence-corrected chi connectivity index (χ2v) is 5.62. The number of esters is 1. The van der Waals surface area contributed by atoms with Crippen molar-refractivity contribution in [3.63, 3.8) is 0 Å². The molecule has 6 heteroatoms. The molecular formula is C15H16BrNO4. The molecule has 0 aromatic heterocycles. The van der Waals surface area contributed by atoms with Crippen LogP contribution in [0.3, 0.4) is 0 Å². The van der Waals surface area contributed by atoms with Gasteiger partial charge in [0.1, 0.15) is 5.92 Å². The van der Waals surface area contributed by atoms with Gasteiger partial charge in [-0.25, -0.2) is 0 Å². The Morgan fingerprint density at radius 1 is 1.38 bits per heavy atom. The van der Waals surface area contributed by atoms with Gasteiger partial charge in [0.15, 0.2) is 5.78 Å². The second-order valence-electron chi connectivity index (χ2n) is 4.77. The smallest absolute Gasteiger partial charge is 0.316 e. The number of benzene rings is 1. The summed E-state index contributed by atoms with van der Waals surface area (Å²) < 4.78 is 5.57. The summed E-state index contributed by atoms with van der Waals surface area (Å²) in [5, 5.41) is 0. The molecule has 0 saturated carbocycles. The summed E-state index contributed by atoms with van der Waals surface area (Å²) in [5.74, 6) is -1.71. The fourth-order valence-electron chi connectivity index (χ4n) is 2.29. The quantitative estimate of drug-likeness (QED) is 0.616. The summed E-state index contributed by atoms with van der Waals surface area (Å²) in [7, 11) is 0. The Hall–Kier alpha value is -1.69. The fourth-order valence-corrected chi connectivity index (χ4v) is 2.75. The van der Waals surface area contributed by atoms with Crippen LogP contribution in [0.15, 0.2) is 28.7 Å². The zero-order valence-electron chi connectivity index (χ0n) is 11.7. The van der Waals surface area contributed by atoms with Crippen molar-refractivity contribution in [2.75, 3.05) is 19.7 Å². The third-order valence-corrected chi connectivity index (χ3v) is 4.08. The summed E-state index contributed by atoms with van der Waals surface area (Å²) in [6.07, 6.45) is 0.313. The Morgan fingerprint density at radius 3 is 2.71 bits per heavy atom. The minimum atomic E-state index is -0.742. The van der Waals surface area contributed by atoms with Crippen molar-refractivity contribution < 1.29 is 19.1 Å². The second kappa shape index (κ2) is 6.85. The number of nitrogens with zero attached hydrogens (tertiary/aromatic N) is 1. The molecule has 0 spiro atoms. The lowest BCUT2D eigenvalue weighted by atomic mass is 9.95. The lowest BCUT2D eigenvalue weighted by molar-refractivity contribution is -0.153. The van der Waals surface area contributed by atoms with Crippen LogP contribution in [0.4, 0.5) is 0 Å². The van der Waals surface area contributed by atoms with E-state index in [1.54, 1.807) is 25.1 Å². The number of hydrogen-bond donors (Lipinski definition) is 0. The Bertz CT molecular complexity index is 573. The van der Waals surface area contributed by atoms with Gasteiger partial charge in [0, 0.05) is 11.0 Å². The minimum absolute atomic E-state index is 0.0519.